The van der Waals surface area contributed by atoms with Crippen molar-refractivity contribution in [3.05, 3.63) is 0 Å². The molecule has 0 radical (unpaired) electrons. The molecule has 0 unspecified atom stereocenters. The molecule has 2 aliphatic heterocycles. The Morgan fingerprint density at radius 1 is 1.23 bits per heavy atom. The molecule has 11 heteroatoms. The van der Waals surface area contributed by atoms with Gasteiger partial charge in [0.1, 0.15) is 6.04 Å². The van der Waals surface area contributed by atoms with Crippen molar-refractivity contribution in [2.24, 2.45) is 5.92 Å². The van der Waals surface area contributed by atoms with Gasteiger partial charge in [0.05, 0.1) is 25.8 Å². The van der Waals surface area contributed by atoms with Gasteiger partial charge in [-0.1, -0.05) is 24.6 Å². The third kappa shape index (κ3) is 7.74. The largest absolute Gasteiger partial charge is 0.349 e. The predicted molar refractivity (Wildman–Crippen MR) is 114 cm³/mol. The van der Waals surface area contributed by atoms with Gasteiger partial charge in [-0.15, -0.1) is 0 Å². The number of rotatable bonds is 12. The molecule has 2 N–H and O–H groups in total. The van der Waals surface area contributed by atoms with Crippen LogP contribution in [0.25, 0.3) is 0 Å². The standard InChI is InChI=1S/C20H32N4O6S/c1-23(2)17(26)5-6-24(11-18-29-7-8-30-18)10-16(25)14(9-13-3-4-13)21-19(27)15-12-31-20(28)22-15/h13-15,18H,3-12H2,1-2H3,(H,21,27)(H,22,28)/t14-,15-/m0/s1. The number of nitrogens with zero attached hydrogens (tertiary/aromatic N) is 2. The van der Waals surface area contributed by atoms with Gasteiger partial charge in [-0.2, -0.15) is 0 Å². The van der Waals surface area contributed by atoms with Gasteiger partial charge in [0.2, 0.25) is 11.8 Å². The molecule has 0 bridgehead atoms. The molecular weight excluding hydrogens is 424 g/mol. The molecular formula is C20H32N4O6S. The monoisotopic (exact) mass is 456 g/mol. The van der Waals surface area contributed by atoms with E-state index < -0.39 is 18.4 Å². The smallest absolute Gasteiger partial charge is 0.279 e. The van der Waals surface area contributed by atoms with E-state index in [1.165, 1.54) is 4.90 Å². The molecule has 174 valence electrons. The molecule has 2 heterocycles. The maximum absolute atomic E-state index is 13.2. The number of ketones is 1. The number of carbonyl (C=O) groups excluding carboxylic acids is 4. The Morgan fingerprint density at radius 3 is 2.52 bits per heavy atom. The van der Waals surface area contributed by atoms with E-state index in [0.717, 1.165) is 24.6 Å². The average Bonchev–Trinajstić information content (AvgIpc) is 3.19. The van der Waals surface area contributed by atoms with Gasteiger partial charge in [0, 0.05) is 39.4 Å². The summed E-state index contributed by atoms with van der Waals surface area (Å²) in [5, 5.41) is 5.24. The number of Topliss-reactive ketones (excluding diaryl/α,β-unsaturated/α-hetero) is 1. The fraction of sp³-hybridized carbons (Fsp3) is 0.800. The Kier molecular flexibility index (Phi) is 8.70. The van der Waals surface area contributed by atoms with Crippen molar-refractivity contribution >= 4 is 34.6 Å². The van der Waals surface area contributed by atoms with Gasteiger partial charge in [-0.25, -0.2) is 0 Å². The van der Waals surface area contributed by atoms with Crippen molar-refractivity contribution in [1.29, 1.82) is 0 Å². The fourth-order valence-corrected chi connectivity index (χ4v) is 4.30. The van der Waals surface area contributed by atoms with Gasteiger partial charge < -0.3 is 25.0 Å². The minimum Gasteiger partial charge on any atom is -0.349 e. The van der Waals surface area contributed by atoms with Crippen LogP contribution in [-0.4, -0.2) is 104 Å². The fourth-order valence-electron chi connectivity index (χ4n) is 3.52. The maximum atomic E-state index is 13.2. The van der Waals surface area contributed by atoms with Gasteiger partial charge in [0.15, 0.2) is 12.1 Å². The first-order chi connectivity index (χ1) is 14.8. The molecule has 3 aliphatic rings. The molecule has 1 saturated carbocycles. The highest BCUT2D eigenvalue weighted by atomic mass is 32.2. The van der Waals surface area contributed by atoms with Crippen molar-refractivity contribution in [2.75, 3.05) is 52.7 Å². The molecule has 3 rings (SSSR count). The Balaban J connectivity index is 1.59. The number of amides is 3. The summed E-state index contributed by atoms with van der Waals surface area (Å²) in [5.74, 6) is 0.348. The van der Waals surface area contributed by atoms with Gasteiger partial charge in [-0.3, -0.25) is 24.1 Å². The van der Waals surface area contributed by atoms with Crippen molar-refractivity contribution in [1.82, 2.24) is 20.4 Å². The van der Waals surface area contributed by atoms with Crippen LogP contribution in [-0.2, 0) is 23.9 Å². The normalized spacial score (nSPS) is 22.4. The van der Waals surface area contributed by atoms with Crippen molar-refractivity contribution in [2.45, 2.75) is 44.1 Å². The van der Waals surface area contributed by atoms with Crippen LogP contribution in [0.5, 0.6) is 0 Å². The number of hydrogen-bond donors (Lipinski definition) is 2. The zero-order chi connectivity index (χ0) is 22.4. The highest BCUT2D eigenvalue weighted by molar-refractivity contribution is 8.14. The Morgan fingerprint density at radius 2 is 1.94 bits per heavy atom. The van der Waals surface area contributed by atoms with Crippen LogP contribution in [0.15, 0.2) is 0 Å². The topological polar surface area (TPSA) is 117 Å². The summed E-state index contributed by atoms with van der Waals surface area (Å²) in [5.41, 5.74) is 0. The van der Waals surface area contributed by atoms with Crippen LogP contribution in [0.1, 0.15) is 25.7 Å². The summed E-state index contributed by atoms with van der Waals surface area (Å²) in [7, 11) is 3.39. The first-order valence-electron chi connectivity index (χ1n) is 10.7. The van der Waals surface area contributed by atoms with E-state index in [4.69, 9.17) is 9.47 Å². The lowest BCUT2D eigenvalue weighted by Crippen LogP contribution is -2.52. The molecule has 2 atom stereocenters. The summed E-state index contributed by atoms with van der Waals surface area (Å²) < 4.78 is 11.0. The number of ether oxygens (including phenoxy) is 2. The molecule has 3 amide bonds. The molecule has 0 aromatic carbocycles. The highest BCUT2D eigenvalue weighted by Crippen LogP contribution is 2.33. The van der Waals surface area contributed by atoms with Crippen LogP contribution in [0.4, 0.5) is 4.79 Å². The molecule has 0 aromatic rings. The summed E-state index contributed by atoms with van der Waals surface area (Å²) in [6.07, 6.45) is 2.56. The Bertz CT molecular complexity index is 681. The minimum absolute atomic E-state index is 0.0250. The summed E-state index contributed by atoms with van der Waals surface area (Å²) in [6, 6.07) is -1.22. The number of carbonyl (C=O) groups is 4. The lowest BCUT2D eigenvalue weighted by Gasteiger charge is -2.27. The van der Waals surface area contributed by atoms with Gasteiger partial charge in [-0.05, 0) is 12.3 Å². The van der Waals surface area contributed by atoms with E-state index in [2.05, 4.69) is 10.6 Å². The van der Waals surface area contributed by atoms with E-state index in [9.17, 15) is 19.2 Å². The number of nitrogens with one attached hydrogen (secondary N) is 2. The molecule has 0 spiro atoms. The second-order valence-electron chi connectivity index (χ2n) is 8.45. The van der Waals surface area contributed by atoms with Crippen molar-refractivity contribution < 1.29 is 28.7 Å². The molecule has 10 nitrogen and oxygen atoms in total. The first kappa shape index (κ1) is 24.0. The van der Waals surface area contributed by atoms with E-state index in [1.807, 2.05) is 4.90 Å². The van der Waals surface area contributed by atoms with Crippen molar-refractivity contribution in [3.8, 4) is 0 Å². The molecule has 2 saturated heterocycles. The second kappa shape index (κ2) is 11.3. The van der Waals surface area contributed by atoms with Crippen LogP contribution in [0.2, 0.25) is 0 Å². The SMILES string of the molecule is CN(C)C(=O)CCN(CC(=O)[C@H](CC1CC1)NC(=O)[C@@H]1CSC(=O)N1)CC1OCCO1. The average molecular weight is 457 g/mol. The van der Waals surface area contributed by atoms with E-state index >= 15 is 0 Å². The van der Waals surface area contributed by atoms with E-state index in [1.54, 1.807) is 14.1 Å². The zero-order valence-corrected chi connectivity index (χ0v) is 18.9. The van der Waals surface area contributed by atoms with Crippen molar-refractivity contribution in [3.63, 3.8) is 0 Å². The number of thioether (sulfide) groups is 1. The summed E-state index contributed by atoms with van der Waals surface area (Å²) in [6.45, 7) is 1.88. The summed E-state index contributed by atoms with van der Waals surface area (Å²) in [4.78, 5) is 52.5. The second-order valence-corrected chi connectivity index (χ2v) is 9.44. The van der Waals surface area contributed by atoms with Crippen LogP contribution in [0.3, 0.4) is 0 Å². The Hall–Kier alpha value is -1.69. The molecule has 31 heavy (non-hydrogen) atoms. The van der Waals surface area contributed by atoms with E-state index in [0.29, 0.717) is 44.4 Å². The minimum atomic E-state index is -0.611. The third-order valence-corrected chi connectivity index (χ3v) is 6.46. The quantitative estimate of drug-likeness (QED) is 0.415. The molecule has 0 aromatic heterocycles. The highest BCUT2D eigenvalue weighted by Gasteiger charge is 2.35. The lowest BCUT2D eigenvalue weighted by atomic mass is 10.0. The predicted octanol–water partition coefficient (Wildman–Crippen LogP) is -0.181. The number of hydrogen-bond acceptors (Lipinski definition) is 8. The van der Waals surface area contributed by atoms with Gasteiger partial charge in [0.25, 0.3) is 5.24 Å². The summed E-state index contributed by atoms with van der Waals surface area (Å²) >= 11 is 1.07. The third-order valence-electron chi connectivity index (χ3n) is 5.58. The zero-order valence-electron chi connectivity index (χ0n) is 18.1. The van der Waals surface area contributed by atoms with Crippen LogP contribution in [0, 0.1) is 5.92 Å². The van der Waals surface area contributed by atoms with Gasteiger partial charge >= 0.3 is 0 Å². The molecule has 3 fully saturated rings. The van der Waals surface area contributed by atoms with E-state index in [-0.39, 0.29) is 35.8 Å². The lowest BCUT2D eigenvalue weighted by molar-refractivity contribution is -0.132. The van der Waals surface area contributed by atoms with Crippen LogP contribution < -0.4 is 10.6 Å². The molecule has 1 aliphatic carbocycles. The maximum Gasteiger partial charge on any atom is 0.279 e. The first-order valence-corrected chi connectivity index (χ1v) is 11.7. The Labute approximate surface area is 186 Å². The van der Waals surface area contributed by atoms with Crippen LogP contribution >= 0.6 is 11.8 Å².